The number of hydrogen-bond acceptors (Lipinski definition) is 0. The van der Waals surface area contributed by atoms with Gasteiger partial charge in [-0.15, -0.1) is 0 Å². The first-order chi connectivity index (χ1) is 15.5. The van der Waals surface area contributed by atoms with Gasteiger partial charge in [-0.1, -0.05) is 87.6 Å². The van der Waals surface area contributed by atoms with Crippen molar-refractivity contribution in [1.29, 1.82) is 0 Å². The van der Waals surface area contributed by atoms with E-state index in [0.717, 1.165) is 18.3 Å². The van der Waals surface area contributed by atoms with E-state index in [1.165, 1.54) is 56.2 Å². The van der Waals surface area contributed by atoms with Gasteiger partial charge in [0.25, 0.3) is 0 Å². The van der Waals surface area contributed by atoms with Crippen LogP contribution in [0.15, 0.2) is 48.5 Å². The van der Waals surface area contributed by atoms with Crippen LogP contribution in [0.2, 0.25) is 0 Å². The third-order valence-electron chi connectivity index (χ3n) is 7.15. The summed E-state index contributed by atoms with van der Waals surface area (Å²) in [6, 6.07) is 12.6. The van der Waals surface area contributed by atoms with Gasteiger partial charge in [0.05, 0.1) is 5.39 Å². The molecule has 4 rings (SSSR count). The maximum absolute atomic E-state index is 15.2. The molecule has 1 aliphatic rings. The van der Waals surface area contributed by atoms with Crippen LogP contribution in [0.4, 0.5) is 13.2 Å². The molecule has 0 spiro atoms. The van der Waals surface area contributed by atoms with Crippen LogP contribution in [-0.2, 0) is 6.42 Å². The molecule has 0 heterocycles. The predicted octanol–water partition coefficient (Wildman–Crippen LogP) is 9.11. The molecular weight excluding hydrogens is 405 g/mol. The highest BCUT2D eigenvalue weighted by molar-refractivity contribution is 5.90. The first kappa shape index (κ1) is 22.6. The highest BCUT2D eigenvalue weighted by atomic mass is 19.2. The van der Waals surface area contributed by atoms with Crippen LogP contribution in [0, 0.1) is 29.3 Å². The van der Waals surface area contributed by atoms with E-state index in [9.17, 15) is 8.78 Å². The molecule has 0 bridgehead atoms. The lowest BCUT2D eigenvalue weighted by atomic mass is 9.78. The van der Waals surface area contributed by atoms with E-state index in [-0.39, 0.29) is 10.9 Å². The van der Waals surface area contributed by atoms with Crippen molar-refractivity contribution < 1.29 is 13.2 Å². The molecule has 0 saturated heterocycles. The standard InChI is InChI=1S/C29H31F3/c1-3-5-24-18-23-16-17-25(28(31)26(23)29(32)27(24)30)22-14-12-21(13-15-22)11-10-20-8-6-19(4-2)7-9-20/h3,5,12-20H,4,6-11H2,1-2H3/b5-3+. The summed E-state index contributed by atoms with van der Waals surface area (Å²) in [4.78, 5) is 0. The molecule has 0 atom stereocenters. The third kappa shape index (κ3) is 4.62. The fraction of sp³-hybridized carbons (Fsp3) is 0.379. The predicted molar refractivity (Wildman–Crippen MR) is 128 cm³/mol. The van der Waals surface area contributed by atoms with Gasteiger partial charge in [-0.3, -0.25) is 0 Å². The summed E-state index contributed by atoms with van der Waals surface area (Å²) in [6.07, 6.45) is 12.0. The van der Waals surface area contributed by atoms with Crippen molar-refractivity contribution in [3.8, 4) is 11.1 Å². The zero-order chi connectivity index (χ0) is 22.7. The maximum atomic E-state index is 15.2. The van der Waals surface area contributed by atoms with Crippen LogP contribution in [0.3, 0.4) is 0 Å². The Bertz CT molecular complexity index is 1100. The average Bonchev–Trinajstić information content (AvgIpc) is 2.82. The van der Waals surface area contributed by atoms with Gasteiger partial charge in [0, 0.05) is 11.1 Å². The van der Waals surface area contributed by atoms with Crippen molar-refractivity contribution in [2.45, 2.75) is 58.8 Å². The van der Waals surface area contributed by atoms with Gasteiger partial charge in [-0.2, -0.15) is 0 Å². The second-order valence-corrected chi connectivity index (χ2v) is 9.15. The molecule has 168 valence electrons. The van der Waals surface area contributed by atoms with E-state index >= 15 is 4.39 Å². The molecule has 3 aromatic rings. The minimum atomic E-state index is -1.13. The van der Waals surface area contributed by atoms with Gasteiger partial charge in [-0.25, -0.2) is 13.2 Å². The highest BCUT2D eigenvalue weighted by Gasteiger charge is 2.20. The smallest absolute Gasteiger partial charge is 0.170 e. The molecule has 0 aliphatic heterocycles. The Hall–Kier alpha value is -2.55. The molecule has 0 nitrogen and oxygen atoms in total. The minimum absolute atomic E-state index is 0.122. The molecule has 3 aromatic carbocycles. The van der Waals surface area contributed by atoms with E-state index in [2.05, 4.69) is 6.92 Å². The second-order valence-electron chi connectivity index (χ2n) is 9.15. The van der Waals surface area contributed by atoms with E-state index in [0.29, 0.717) is 16.5 Å². The Labute approximate surface area is 189 Å². The van der Waals surface area contributed by atoms with Crippen molar-refractivity contribution in [2.24, 2.45) is 11.8 Å². The van der Waals surface area contributed by atoms with Crippen molar-refractivity contribution in [3.63, 3.8) is 0 Å². The van der Waals surface area contributed by atoms with Gasteiger partial charge in [0.2, 0.25) is 0 Å². The number of fused-ring (bicyclic) bond motifs is 1. The Morgan fingerprint density at radius 3 is 2.19 bits per heavy atom. The largest absolute Gasteiger partial charge is 0.206 e. The van der Waals surface area contributed by atoms with Crippen LogP contribution >= 0.6 is 0 Å². The molecule has 0 aromatic heterocycles. The van der Waals surface area contributed by atoms with Gasteiger partial charge >= 0.3 is 0 Å². The van der Waals surface area contributed by atoms with Crippen LogP contribution in [0.5, 0.6) is 0 Å². The van der Waals surface area contributed by atoms with E-state index in [1.54, 1.807) is 25.1 Å². The van der Waals surface area contributed by atoms with Crippen molar-refractivity contribution in [3.05, 3.63) is 77.1 Å². The number of rotatable bonds is 6. The number of aryl methyl sites for hydroxylation is 1. The van der Waals surface area contributed by atoms with E-state index in [4.69, 9.17) is 0 Å². The van der Waals surface area contributed by atoms with Crippen LogP contribution < -0.4 is 0 Å². The number of allylic oxidation sites excluding steroid dienone is 1. The lowest BCUT2D eigenvalue weighted by molar-refractivity contribution is 0.259. The molecule has 1 saturated carbocycles. The number of benzene rings is 3. The second kappa shape index (κ2) is 9.94. The summed E-state index contributed by atoms with van der Waals surface area (Å²) in [5.41, 5.74) is 2.32. The molecule has 0 amide bonds. The lowest BCUT2D eigenvalue weighted by Gasteiger charge is -2.27. The highest BCUT2D eigenvalue weighted by Crippen LogP contribution is 2.35. The fourth-order valence-electron chi connectivity index (χ4n) is 5.08. The van der Waals surface area contributed by atoms with E-state index in [1.807, 2.05) is 24.3 Å². The van der Waals surface area contributed by atoms with Crippen molar-refractivity contribution in [2.75, 3.05) is 0 Å². The lowest BCUT2D eigenvalue weighted by Crippen LogP contribution is -2.14. The quantitative estimate of drug-likeness (QED) is 0.361. The summed E-state index contributed by atoms with van der Waals surface area (Å²) in [7, 11) is 0. The third-order valence-corrected chi connectivity index (χ3v) is 7.15. The molecule has 0 unspecified atom stereocenters. The molecule has 3 heteroatoms. The summed E-state index contributed by atoms with van der Waals surface area (Å²) >= 11 is 0. The summed E-state index contributed by atoms with van der Waals surface area (Å²) < 4.78 is 44.3. The van der Waals surface area contributed by atoms with Crippen molar-refractivity contribution >= 4 is 16.8 Å². The van der Waals surface area contributed by atoms with Crippen LogP contribution in [0.1, 0.15) is 63.5 Å². The zero-order valence-electron chi connectivity index (χ0n) is 18.9. The molecule has 0 N–H and O–H groups in total. The van der Waals surface area contributed by atoms with Crippen molar-refractivity contribution in [1.82, 2.24) is 0 Å². The maximum Gasteiger partial charge on any atom is 0.170 e. The Balaban J connectivity index is 1.52. The summed E-state index contributed by atoms with van der Waals surface area (Å²) in [5.74, 6) is -1.15. The molecule has 1 aliphatic carbocycles. The molecule has 0 radical (unpaired) electrons. The topological polar surface area (TPSA) is 0 Å². The molecular formula is C29H31F3. The first-order valence-electron chi connectivity index (χ1n) is 11.8. The van der Waals surface area contributed by atoms with Gasteiger partial charge < -0.3 is 0 Å². The monoisotopic (exact) mass is 436 g/mol. The fourth-order valence-corrected chi connectivity index (χ4v) is 5.08. The SMILES string of the molecule is C/C=C/c1cc2ccc(-c3ccc(CCC4CCC(CC)CC4)cc3)c(F)c2c(F)c1F. The molecule has 1 fully saturated rings. The van der Waals surface area contributed by atoms with Gasteiger partial charge in [0.1, 0.15) is 5.82 Å². The summed E-state index contributed by atoms with van der Waals surface area (Å²) in [6.45, 7) is 4.02. The van der Waals surface area contributed by atoms with E-state index < -0.39 is 17.5 Å². The van der Waals surface area contributed by atoms with Gasteiger partial charge in [0.15, 0.2) is 11.6 Å². The van der Waals surface area contributed by atoms with Crippen LogP contribution in [0.25, 0.3) is 28.0 Å². The number of halogens is 3. The number of hydrogen-bond donors (Lipinski definition) is 0. The summed E-state index contributed by atoms with van der Waals surface area (Å²) in [5, 5.41) is 0.0627. The van der Waals surface area contributed by atoms with Gasteiger partial charge in [-0.05, 0) is 54.2 Å². The minimum Gasteiger partial charge on any atom is -0.206 e. The average molecular weight is 437 g/mol. The zero-order valence-corrected chi connectivity index (χ0v) is 18.9. The Kier molecular flexibility index (Phi) is 7.03. The first-order valence-corrected chi connectivity index (χ1v) is 11.8. The Morgan fingerprint density at radius 1 is 0.844 bits per heavy atom. The van der Waals surface area contributed by atoms with Crippen LogP contribution in [-0.4, -0.2) is 0 Å². The Morgan fingerprint density at radius 2 is 1.53 bits per heavy atom. The normalized spacial score (nSPS) is 19.2. The molecule has 32 heavy (non-hydrogen) atoms.